The number of piperazine rings is 1. The van der Waals surface area contributed by atoms with Crippen LogP contribution in [0.25, 0.3) is 0 Å². The first-order chi connectivity index (χ1) is 15.6. The van der Waals surface area contributed by atoms with Crippen molar-refractivity contribution in [1.82, 2.24) is 9.88 Å². The van der Waals surface area contributed by atoms with Crippen molar-refractivity contribution in [3.63, 3.8) is 0 Å². The Morgan fingerprint density at radius 3 is 2.00 bits per heavy atom. The van der Waals surface area contributed by atoms with Gasteiger partial charge in [0.1, 0.15) is 17.5 Å². The van der Waals surface area contributed by atoms with Crippen LogP contribution in [0.5, 0.6) is 5.88 Å². The molecule has 1 saturated heterocycles. The van der Waals surface area contributed by atoms with Gasteiger partial charge in [0.05, 0.1) is 7.11 Å². The number of hydrogen-bond acceptors (Lipinski definition) is 4. The van der Waals surface area contributed by atoms with Gasteiger partial charge < -0.3 is 9.64 Å². The highest BCUT2D eigenvalue weighted by atomic mass is 19.1. The second-order valence-electron chi connectivity index (χ2n) is 8.16. The summed E-state index contributed by atoms with van der Waals surface area (Å²) in [5.74, 6) is 1.23. The van der Waals surface area contributed by atoms with Crippen molar-refractivity contribution in [2.45, 2.75) is 18.8 Å². The van der Waals surface area contributed by atoms with Crippen LogP contribution < -0.4 is 9.64 Å². The lowest BCUT2D eigenvalue weighted by atomic mass is 9.87. The Bertz CT molecular complexity index is 941. The van der Waals surface area contributed by atoms with Crippen LogP contribution >= 0.6 is 0 Å². The smallest absolute Gasteiger partial charge is 0.214 e. The number of nitrogens with zero attached hydrogens (tertiary/aromatic N) is 3. The first-order valence-electron chi connectivity index (χ1n) is 11.1. The summed E-state index contributed by atoms with van der Waals surface area (Å²) < 4.78 is 32.1. The number of hydrogen-bond donors (Lipinski definition) is 0. The summed E-state index contributed by atoms with van der Waals surface area (Å²) in [6.07, 6.45) is 1.94. The van der Waals surface area contributed by atoms with E-state index >= 15 is 0 Å². The van der Waals surface area contributed by atoms with Crippen molar-refractivity contribution >= 4 is 5.82 Å². The molecule has 1 aliphatic rings. The summed E-state index contributed by atoms with van der Waals surface area (Å²) in [5.41, 5.74) is 2.12. The first-order valence-corrected chi connectivity index (χ1v) is 11.1. The van der Waals surface area contributed by atoms with Gasteiger partial charge in [0.15, 0.2) is 0 Å². The number of methoxy groups -OCH3 is 1. The van der Waals surface area contributed by atoms with Crippen molar-refractivity contribution in [3.8, 4) is 5.88 Å². The van der Waals surface area contributed by atoms with Gasteiger partial charge in [-0.15, -0.1) is 0 Å². The van der Waals surface area contributed by atoms with E-state index in [1.54, 1.807) is 7.11 Å². The molecule has 4 nitrogen and oxygen atoms in total. The van der Waals surface area contributed by atoms with Crippen LogP contribution in [0.1, 0.15) is 29.9 Å². The molecular formula is C26H29F2N3O. The average molecular weight is 438 g/mol. The van der Waals surface area contributed by atoms with Gasteiger partial charge in [-0.05, 0) is 60.8 Å². The number of anilines is 1. The summed E-state index contributed by atoms with van der Waals surface area (Å²) in [5, 5.41) is 0. The fourth-order valence-corrected chi connectivity index (χ4v) is 4.33. The van der Waals surface area contributed by atoms with Crippen LogP contribution in [0.2, 0.25) is 0 Å². The zero-order valence-electron chi connectivity index (χ0n) is 18.4. The lowest BCUT2D eigenvalue weighted by molar-refractivity contribution is 0.251. The van der Waals surface area contributed by atoms with E-state index in [2.05, 4.69) is 14.8 Å². The fourth-order valence-electron chi connectivity index (χ4n) is 4.33. The third-order valence-corrected chi connectivity index (χ3v) is 6.13. The van der Waals surface area contributed by atoms with E-state index < -0.39 is 0 Å². The summed E-state index contributed by atoms with van der Waals surface area (Å²) in [7, 11) is 1.63. The molecule has 6 heteroatoms. The molecule has 1 aromatic heterocycles. The average Bonchev–Trinajstić information content (AvgIpc) is 2.84. The molecule has 4 rings (SSSR count). The molecule has 1 aliphatic heterocycles. The SMILES string of the molecule is COc1cccc(N2CCN(CCCC(c3ccc(F)cc3)c3ccc(F)cc3)CC2)n1. The van der Waals surface area contributed by atoms with Crippen LogP contribution in [0.3, 0.4) is 0 Å². The van der Waals surface area contributed by atoms with Crippen LogP contribution in [0.15, 0.2) is 66.7 Å². The van der Waals surface area contributed by atoms with Gasteiger partial charge in [0, 0.05) is 38.2 Å². The molecule has 2 heterocycles. The maximum atomic E-state index is 13.4. The Labute approximate surface area is 188 Å². The molecule has 3 aromatic rings. The Hall–Kier alpha value is -2.99. The summed E-state index contributed by atoms with van der Waals surface area (Å²) >= 11 is 0. The molecule has 0 atom stereocenters. The van der Waals surface area contributed by atoms with E-state index in [0.717, 1.165) is 62.5 Å². The van der Waals surface area contributed by atoms with Gasteiger partial charge >= 0.3 is 0 Å². The lowest BCUT2D eigenvalue weighted by Crippen LogP contribution is -2.47. The highest BCUT2D eigenvalue weighted by Crippen LogP contribution is 2.30. The highest BCUT2D eigenvalue weighted by Gasteiger charge is 2.20. The zero-order valence-corrected chi connectivity index (χ0v) is 18.4. The molecule has 0 aliphatic carbocycles. The Morgan fingerprint density at radius 2 is 1.44 bits per heavy atom. The first kappa shape index (κ1) is 22.2. The topological polar surface area (TPSA) is 28.6 Å². The Kier molecular flexibility index (Phi) is 7.32. The minimum absolute atomic E-state index is 0.124. The van der Waals surface area contributed by atoms with Gasteiger partial charge in [-0.1, -0.05) is 30.3 Å². The fraction of sp³-hybridized carbons (Fsp3) is 0.346. The van der Waals surface area contributed by atoms with Gasteiger partial charge in [-0.25, -0.2) is 8.78 Å². The van der Waals surface area contributed by atoms with Crippen molar-refractivity contribution in [3.05, 3.63) is 89.5 Å². The second kappa shape index (κ2) is 10.6. The van der Waals surface area contributed by atoms with E-state index in [9.17, 15) is 8.78 Å². The minimum atomic E-state index is -0.241. The summed E-state index contributed by atoms with van der Waals surface area (Å²) in [6.45, 7) is 4.82. The molecule has 1 fully saturated rings. The largest absolute Gasteiger partial charge is 0.481 e. The predicted molar refractivity (Wildman–Crippen MR) is 123 cm³/mol. The molecule has 0 bridgehead atoms. The molecule has 168 valence electrons. The van der Waals surface area contributed by atoms with Crippen molar-refractivity contribution < 1.29 is 13.5 Å². The maximum Gasteiger partial charge on any atom is 0.214 e. The van der Waals surface area contributed by atoms with E-state index in [-0.39, 0.29) is 17.6 Å². The summed E-state index contributed by atoms with van der Waals surface area (Å²) in [4.78, 5) is 9.30. The second-order valence-corrected chi connectivity index (χ2v) is 8.16. The van der Waals surface area contributed by atoms with Crippen molar-refractivity contribution in [1.29, 1.82) is 0 Å². The molecule has 32 heavy (non-hydrogen) atoms. The third kappa shape index (κ3) is 5.62. The molecule has 0 saturated carbocycles. The van der Waals surface area contributed by atoms with Crippen LogP contribution in [0, 0.1) is 11.6 Å². The van der Waals surface area contributed by atoms with Gasteiger partial charge in [0.2, 0.25) is 5.88 Å². The van der Waals surface area contributed by atoms with E-state index in [4.69, 9.17) is 4.74 Å². The van der Waals surface area contributed by atoms with Gasteiger partial charge in [-0.3, -0.25) is 4.90 Å². The predicted octanol–water partition coefficient (Wildman–Crippen LogP) is 5.10. The van der Waals surface area contributed by atoms with Crippen LogP contribution in [-0.2, 0) is 0 Å². The standard InChI is InChI=1S/C26H29F2N3O/c1-32-26-6-2-5-25(29-26)31-18-16-30(17-19-31)15-3-4-24(20-7-11-22(27)12-8-20)21-9-13-23(28)14-10-21/h2,5-14,24H,3-4,15-19H2,1H3. The number of halogens is 2. The molecule has 0 unspecified atom stereocenters. The van der Waals surface area contributed by atoms with E-state index in [1.165, 1.54) is 24.3 Å². The van der Waals surface area contributed by atoms with Crippen LogP contribution in [0.4, 0.5) is 14.6 Å². The number of aromatic nitrogens is 1. The van der Waals surface area contributed by atoms with Crippen molar-refractivity contribution in [2.24, 2.45) is 0 Å². The van der Waals surface area contributed by atoms with Crippen LogP contribution in [-0.4, -0.2) is 49.7 Å². The highest BCUT2D eigenvalue weighted by molar-refractivity contribution is 5.41. The minimum Gasteiger partial charge on any atom is -0.481 e. The van der Waals surface area contributed by atoms with Gasteiger partial charge in [0.25, 0.3) is 0 Å². The Morgan fingerprint density at radius 1 is 0.844 bits per heavy atom. The Balaban J connectivity index is 1.33. The maximum absolute atomic E-state index is 13.4. The zero-order chi connectivity index (χ0) is 22.3. The summed E-state index contributed by atoms with van der Waals surface area (Å²) in [6, 6.07) is 19.2. The molecule has 0 spiro atoms. The number of rotatable bonds is 8. The third-order valence-electron chi connectivity index (χ3n) is 6.13. The lowest BCUT2D eigenvalue weighted by Gasteiger charge is -2.35. The quantitative estimate of drug-likeness (QED) is 0.490. The van der Waals surface area contributed by atoms with Crippen molar-refractivity contribution in [2.75, 3.05) is 44.7 Å². The molecule has 0 N–H and O–H groups in total. The molecule has 0 radical (unpaired) electrons. The van der Waals surface area contributed by atoms with Gasteiger partial charge in [-0.2, -0.15) is 4.98 Å². The molecular weight excluding hydrogens is 408 g/mol. The number of benzene rings is 2. The van der Waals surface area contributed by atoms with E-state index in [0.29, 0.717) is 5.88 Å². The number of ether oxygens (including phenoxy) is 1. The molecule has 2 aromatic carbocycles. The number of pyridine rings is 1. The monoisotopic (exact) mass is 437 g/mol. The normalized spacial score (nSPS) is 14.7. The molecule has 0 amide bonds. The van der Waals surface area contributed by atoms with E-state index in [1.807, 2.05) is 42.5 Å².